The second-order valence-electron chi connectivity index (χ2n) is 3.38. The van der Waals surface area contributed by atoms with Gasteiger partial charge >= 0.3 is 0 Å². The van der Waals surface area contributed by atoms with E-state index >= 15 is 0 Å². The van der Waals surface area contributed by atoms with Gasteiger partial charge in [-0.3, -0.25) is 4.21 Å². The molecule has 1 rings (SSSR count). The molecule has 4 heteroatoms. The normalized spacial score (nSPS) is 14.6. The van der Waals surface area contributed by atoms with Gasteiger partial charge in [-0.1, -0.05) is 18.2 Å². The number of nitrogens with two attached hydrogens (primary N) is 1. The maximum atomic E-state index is 11.8. The maximum absolute atomic E-state index is 11.8. The molecule has 0 saturated carbocycles. The molecule has 0 aliphatic carbocycles. The fourth-order valence-electron chi connectivity index (χ4n) is 1.23. The van der Waals surface area contributed by atoms with Crippen LogP contribution in [0.15, 0.2) is 24.3 Å². The van der Waals surface area contributed by atoms with Gasteiger partial charge in [0.05, 0.1) is 12.9 Å². The molecule has 0 saturated heterocycles. The average molecular weight is 227 g/mol. The minimum absolute atomic E-state index is 0.0231. The molecule has 1 aromatic carbocycles. The second kappa shape index (κ2) is 5.88. The number of benzene rings is 1. The largest absolute Gasteiger partial charge is 0.496 e. The fraction of sp³-hybridized carbons (Fsp3) is 0.455. The van der Waals surface area contributed by atoms with Gasteiger partial charge in [-0.2, -0.15) is 0 Å². The molecule has 2 atom stereocenters. The van der Waals surface area contributed by atoms with Crippen molar-refractivity contribution >= 4 is 10.8 Å². The molecule has 0 amide bonds. The van der Waals surface area contributed by atoms with E-state index in [1.165, 1.54) is 0 Å². The van der Waals surface area contributed by atoms with Crippen LogP contribution in [0.25, 0.3) is 0 Å². The van der Waals surface area contributed by atoms with Crippen molar-refractivity contribution in [1.29, 1.82) is 0 Å². The zero-order valence-corrected chi connectivity index (χ0v) is 9.92. The summed E-state index contributed by atoms with van der Waals surface area (Å²) in [7, 11) is 0.687. The van der Waals surface area contributed by atoms with E-state index in [1.807, 2.05) is 31.2 Å². The molecule has 0 bridgehead atoms. The summed E-state index contributed by atoms with van der Waals surface area (Å²) in [5.41, 5.74) is 6.44. The van der Waals surface area contributed by atoms with E-state index in [1.54, 1.807) is 7.11 Å². The first kappa shape index (κ1) is 12.2. The van der Waals surface area contributed by atoms with Crippen molar-refractivity contribution in [3.8, 4) is 5.75 Å². The summed E-state index contributed by atoms with van der Waals surface area (Å²) < 4.78 is 17.0. The zero-order valence-electron chi connectivity index (χ0n) is 9.10. The van der Waals surface area contributed by atoms with Gasteiger partial charge in [-0.05, 0) is 13.0 Å². The van der Waals surface area contributed by atoms with Crippen molar-refractivity contribution in [3.05, 3.63) is 29.8 Å². The Morgan fingerprint density at radius 2 is 2.13 bits per heavy atom. The third-order valence-electron chi connectivity index (χ3n) is 2.27. The summed E-state index contributed by atoms with van der Waals surface area (Å²) >= 11 is 0. The van der Waals surface area contributed by atoms with Crippen molar-refractivity contribution in [2.45, 2.75) is 17.9 Å². The number of hydrogen-bond acceptors (Lipinski definition) is 3. The first-order valence-electron chi connectivity index (χ1n) is 4.88. The minimum atomic E-state index is -0.933. The summed E-state index contributed by atoms with van der Waals surface area (Å²) in [5, 5.41) is 0.0231. The van der Waals surface area contributed by atoms with Gasteiger partial charge in [-0.15, -0.1) is 0 Å². The van der Waals surface area contributed by atoms with Crippen molar-refractivity contribution in [3.63, 3.8) is 0 Å². The van der Waals surface area contributed by atoms with Gasteiger partial charge in [0.15, 0.2) is 0 Å². The summed E-state index contributed by atoms with van der Waals surface area (Å²) in [6, 6.07) is 7.62. The number of hydrogen-bond donors (Lipinski definition) is 1. The molecule has 0 aliphatic heterocycles. The van der Waals surface area contributed by atoms with Crippen LogP contribution in [0, 0.1) is 0 Å². The van der Waals surface area contributed by atoms with Crippen LogP contribution in [-0.2, 0) is 16.6 Å². The predicted molar refractivity (Wildman–Crippen MR) is 63.4 cm³/mol. The minimum Gasteiger partial charge on any atom is -0.496 e. The number of ether oxygens (including phenoxy) is 1. The van der Waals surface area contributed by atoms with E-state index in [9.17, 15) is 4.21 Å². The molecule has 2 N–H and O–H groups in total. The predicted octanol–water partition coefficient (Wildman–Crippen LogP) is 1.29. The standard InChI is InChI=1S/C11H17NO2S/c1-9(7-12)15(13)8-10-5-3-4-6-11(10)14-2/h3-6,9H,7-8,12H2,1-2H3. The van der Waals surface area contributed by atoms with Crippen LogP contribution in [0.3, 0.4) is 0 Å². The Balaban J connectivity index is 2.76. The molecule has 0 aliphatic rings. The lowest BCUT2D eigenvalue weighted by molar-refractivity contribution is 0.411. The van der Waals surface area contributed by atoms with Crippen LogP contribution >= 0.6 is 0 Å². The van der Waals surface area contributed by atoms with Gasteiger partial charge in [-0.25, -0.2) is 0 Å². The van der Waals surface area contributed by atoms with Gasteiger partial charge in [0.1, 0.15) is 5.75 Å². The van der Waals surface area contributed by atoms with Gasteiger partial charge in [0, 0.05) is 28.2 Å². The van der Waals surface area contributed by atoms with Crippen LogP contribution in [-0.4, -0.2) is 23.1 Å². The Morgan fingerprint density at radius 1 is 1.47 bits per heavy atom. The van der Waals surface area contributed by atoms with Crippen molar-refractivity contribution < 1.29 is 8.95 Å². The van der Waals surface area contributed by atoms with Crippen LogP contribution in [0.1, 0.15) is 12.5 Å². The van der Waals surface area contributed by atoms with Gasteiger partial charge in [0.25, 0.3) is 0 Å². The molecule has 3 nitrogen and oxygen atoms in total. The fourth-order valence-corrected chi connectivity index (χ4v) is 2.27. The maximum Gasteiger partial charge on any atom is 0.122 e. The second-order valence-corrected chi connectivity index (χ2v) is 5.24. The van der Waals surface area contributed by atoms with E-state index in [0.29, 0.717) is 12.3 Å². The third-order valence-corrected chi connectivity index (χ3v) is 3.96. The highest BCUT2D eigenvalue weighted by Crippen LogP contribution is 2.19. The van der Waals surface area contributed by atoms with Gasteiger partial charge in [0.2, 0.25) is 0 Å². The van der Waals surface area contributed by atoms with E-state index in [0.717, 1.165) is 11.3 Å². The highest BCUT2D eigenvalue weighted by molar-refractivity contribution is 7.84. The number of rotatable bonds is 5. The topological polar surface area (TPSA) is 52.3 Å². The number of methoxy groups -OCH3 is 1. The van der Waals surface area contributed by atoms with Crippen LogP contribution < -0.4 is 10.5 Å². The van der Waals surface area contributed by atoms with E-state index in [-0.39, 0.29) is 5.25 Å². The molecule has 0 radical (unpaired) electrons. The van der Waals surface area contributed by atoms with Crippen LogP contribution in [0.4, 0.5) is 0 Å². The molecule has 0 fully saturated rings. The molecule has 0 spiro atoms. The lowest BCUT2D eigenvalue weighted by Crippen LogP contribution is -2.22. The summed E-state index contributed by atoms with van der Waals surface area (Å²) in [4.78, 5) is 0. The van der Waals surface area contributed by atoms with E-state index < -0.39 is 10.8 Å². The number of para-hydroxylation sites is 1. The molecule has 84 valence electrons. The van der Waals surface area contributed by atoms with Crippen molar-refractivity contribution in [2.24, 2.45) is 5.73 Å². The summed E-state index contributed by atoms with van der Waals surface area (Å²) in [6.45, 7) is 2.34. The SMILES string of the molecule is COc1ccccc1CS(=O)C(C)CN. The molecule has 15 heavy (non-hydrogen) atoms. The van der Waals surface area contributed by atoms with Gasteiger partial charge < -0.3 is 10.5 Å². The Labute approximate surface area is 93.1 Å². The lowest BCUT2D eigenvalue weighted by atomic mass is 10.2. The molecule has 0 aromatic heterocycles. The first-order chi connectivity index (χ1) is 7.19. The molecule has 0 heterocycles. The van der Waals surface area contributed by atoms with E-state index in [2.05, 4.69) is 0 Å². The van der Waals surface area contributed by atoms with E-state index in [4.69, 9.17) is 10.5 Å². The zero-order chi connectivity index (χ0) is 11.3. The quantitative estimate of drug-likeness (QED) is 0.824. The summed E-state index contributed by atoms with van der Waals surface area (Å²) in [6.07, 6.45) is 0. The third kappa shape index (κ3) is 3.32. The highest BCUT2D eigenvalue weighted by Gasteiger charge is 2.12. The Bertz CT molecular complexity index is 341. The smallest absolute Gasteiger partial charge is 0.122 e. The lowest BCUT2D eigenvalue weighted by Gasteiger charge is -2.11. The van der Waals surface area contributed by atoms with Crippen molar-refractivity contribution in [1.82, 2.24) is 0 Å². The van der Waals surface area contributed by atoms with Crippen molar-refractivity contribution in [2.75, 3.05) is 13.7 Å². The average Bonchev–Trinajstić information content (AvgIpc) is 2.28. The molecule has 2 unspecified atom stereocenters. The first-order valence-corrected chi connectivity index (χ1v) is 6.26. The molecule has 1 aromatic rings. The van der Waals surface area contributed by atoms with Crippen LogP contribution in [0.2, 0.25) is 0 Å². The Morgan fingerprint density at radius 3 is 2.73 bits per heavy atom. The Hall–Kier alpha value is -0.870. The Kier molecular flexibility index (Phi) is 4.78. The molecular weight excluding hydrogens is 210 g/mol. The van der Waals surface area contributed by atoms with Crippen LogP contribution in [0.5, 0.6) is 5.75 Å². The highest BCUT2D eigenvalue weighted by atomic mass is 32.2. The summed E-state index contributed by atoms with van der Waals surface area (Å²) in [5.74, 6) is 1.29. The molecular formula is C11H17NO2S. The monoisotopic (exact) mass is 227 g/mol.